The molecule has 8 nitrogen and oxygen atoms in total. The predicted molar refractivity (Wildman–Crippen MR) is 122 cm³/mol. The monoisotopic (exact) mass is 487 g/mol. The lowest BCUT2D eigenvalue weighted by Gasteiger charge is -2.45. The number of hydrogen-bond donors (Lipinski definition) is 1. The SMILES string of the molecule is [2H]c1c(F)c(-c2ccc3ncn(CC(F)F)c3c2)c2c(OC)nc(=NC3CCC4(CC3)COC4)[nH]n12. The summed E-state index contributed by atoms with van der Waals surface area (Å²) in [5.41, 5.74) is 2.21. The number of nitrogens with one attached hydrogen (secondary N) is 1. The number of benzene rings is 1. The Hall–Kier alpha value is -3.34. The van der Waals surface area contributed by atoms with E-state index in [2.05, 4.69) is 15.1 Å². The lowest BCUT2D eigenvalue weighted by Crippen LogP contribution is -2.45. The molecule has 1 aliphatic carbocycles. The second-order valence-corrected chi connectivity index (χ2v) is 9.39. The number of halogens is 3. The minimum absolute atomic E-state index is 0.0636. The van der Waals surface area contributed by atoms with Crippen molar-refractivity contribution in [3.63, 3.8) is 0 Å². The Labute approximate surface area is 199 Å². The Balaban J connectivity index is 1.43. The van der Waals surface area contributed by atoms with E-state index in [1.54, 1.807) is 18.2 Å². The van der Waals surface area contributed by atoms with Crippen molar-refractivity contribution in [3.8, 4) is 17.0 Å². The maximum absolute atomic E-state index is 15.5. The van der Waals surface area contributed by atoms with Crippen molar-refractivity contribution < 1.29 is 24.0 Å². The zero-order valence-electron chi connectivity index (χ0n) is 20.1. The molecular weight excluding hydrogens is 461 g/mol. The summed E-state index contributed by atoms with van der Waals surface area (Å²) >= 11 is 0. The first-order valence-corrected chi connectivity index (χ1v) is 11.6. The maximum Gasteiger partial charge on any atom is 0.256 e. The Bertz CT molecular complexity index is 1510. The summed E-state index contributed by atoms with van der Waals surface area (Å²) in [4.78, 5) is 13.4. The van der Waals surface area contributed by atoms with Crippen molar-refractivity contribution >= 4 is 16.6 Å². The van der Waals surface area contributed by atoms with Crippen LogP contribution in [-0.4, -0.2) is 56.9 Å². The van der Waals surface area contributed by atoms with Gasteiger partial charge in [0.1, 0.15) is 5.52 Å². The van der Waals surface area contributed by atoms with Crippen LogP contribution in [-0.2, 0) is 11.3 Å². The molecule has 0 amide bonds. The van der Waals surface area contributed by atoms with Gasteiger partial charge in [-0.05, 0) is 43.4 Å². The number of aromatic nitrogens is 5. The average Bonchev–Trinajstić information content (AvgIpc) is 3.35. The van der Waals surface area contributed by atoms with E-state index in [0.717, 1.165) is 38.9 Å². The Morgan fingerprint density at radius 2 is 2.14 bits per heavy atom. The number of methoxy groups -OCH3 is 1. The standard InChI is InChI=1S/C24H25F3N6O2/c1-34-22-21-20(14-2-3-17-18(8-14)32(13-28-17)10-19(26)27)16(25)9-33(21)31-23(30-22)29-15-4-6-24(7-5-15)11-35-12-24/h2-3,8-9,13,15,19H,4-7,10-12H2,1H3,(H,29,31)/i9D. The van der Waals surface area contributed by atoms with Gasteiger partial charge < -0.3 is 14.0 Å². The van der Waals surface area contributed by atoms with Crippen LogP contribution in [0.25, 0.3) is 27.7 Å². The molecule has 1 aromatic carbocycles. The molecule has 0 radical (unpaired) electrons. The van der Waals surface area contributed by atoms with Crippen molar-refractivity contribution in [2.45, 2.75) is 44.7 Å². The van der Waals surface area contributed by atoms with Gasteiger partial charge in [0, 0.05) is 5.41 Å². The van der Waals surface area contributed by atoms with Gasteiger partial charge in [0.2, 0.25) is 11.5 Å². The molecule has 6 rings (SSSR count). The third-order valence-electron chi connectivity index (χ3n) is 7.09. The third kappa shape index (κ3) is 3.87. The zero-order valence-corrected chi connectivity index (χ0v) is 19.1. The van der Waals surface area contributed by atoms with E-state index in [1.165, 1.54) is 22.5 Å². The quantitative estimate of drug-likeness (QED) is 0.462. The molecule has 1 saturated heterocycles. The molecule has 35 heavy (non-hydrogen) atoms. The molecule has 1 aliphatic heterocycles. The lowest BCUT2D eigenvalue weighted by atomic mass is 9.71. The van der Waals surface area contributed by atoms with E-state index in [1.807, 2.05) is 0 Å². The van der Waals surface area contributed by atoms with Crippen molar-refractivity contribution in [2.75, 3.05) is 20.3 Å². The number of nitrogens with zero attached hydrogens (tertiary/aromatic N) is 5. The fraction of sp³-hybridized carbons (Fsp3) is 0.458. The molecule has 0 atom stereocenters. The largest absolute Gasteiger partial charge is 0.479 e. The van der Waals surface area contributed by atoms with E-state index < -0.39 is 25.0 Å². The van der Waals surface area contributed by atoms with Gasteiger partial charge in [-0.2, -0.15) is 4.98 Å². The predicted octanol–water partition coefficient (Wildman–Crippen LogP) is 3.95. The minimum atomic E-state index is -2.56. The van der Waals surface area contributed by atoms with Crippen LogP contribution in [0.15, 0.2) is 35.7 Å². The fourth-order valence-corrected chi connectivity index (χ4v) is 5.15. The average molecular weight is 488 g/mol. The molecule has 2 fully saturated rings. The van der Waals surface area contributed by atoms with Crippen LogP contribution in [0, 0.1) is 11.2 Å². The molecule has 1 N–H and O–H groups in total. The van der Waals surface area contributed by atoms with Gasteiger partial charge in [-0.25, -0.2) is 23.1 Å². The van der Waals surface area contributed by atoms with Crippen LogP contribution in [0.2, 0.25) is 0 Å². The molecule has 1 saturated carbocycles. The number of aromatic amines is 1. The summed E-state index contributed by atoms with van der Waals surface area (Å²) in [5.74, 6) is -0.673. The highest BCUT2D eigenvalue weighted by Crippen LogP contribution is 2.43. The topological polar surface area (TPSA) is 81.7 Å². The van der Waals surface area contributed by atoms with Gasteiger partial charge in [0.25, 0.3) is 6.43 Å². The van der Waals surface area contributed by atoms with E-state index in [0.29, 0.717) is 22.0 Å². The number of H-pyrrole nitrogens is 1. The highest BCUT2D eigenvalue weighted by atomic mass is 19.3. The second-order valence-electron chi connectivity index (χ2n) is 9.39. The normalized spacial score (nSPS) is 19.1. The van der Waals surface area contributed by atoms with E-state index in [-0.39, 0.29) is 28.6 Å². The van der Waals surface area contributed by atoms with Gasteiger partial charge in [0.15, 0.2) is 5.82 Å². The Morgan fingerprint density at radius 3 is 2.83 bits per heavy atom. The van der Waals surface area contributed by atoms with Gasteiger partial charge >= 0.3 is 0 Å². The molecule has 11 heteroatoms. The highest BCUT2D eigenvalue weighted by Gasteiger charge is 2.41. The minimum Gasteiger partial charge on any atom is -0.479 e. The lowest BCUT2D eigenvalue weighted by molar-refractivity contribution is -0.132. The first-order chi connectivity index (χ1) is 17.4. The van der Waals surface area contributed by atoms with Crippen LogP contribution in [0.3, 0.4) is 0 Å². The van der Waals surface area contributed by atoms with Crippen LogP contribution in [0.4, 0.5) is 13.2 Å². The highest BCUT2D eigenvalue weighted by molar-refractivity contribution is 5.89. The molecule has 1 spiro atoms. The van der Waals surface area contributed by atoms with Gasteiger partial charge in [-0.1, -0.05) is 6.07 Å². The Morgan fingerprint density at radius 1 is 1.34 bits per heavy atom. The second kappa shape index (κ2) is 8.40. The first kappa shape index (κ1) is 21.0. The molecule has 0 unspecified atom stereocenters. The smallest absolute Gasteiger partial charge is 0.256 e. The van der Waals surface area contributed by atoms with Gasteiger partial charge in [-0.15, -0.1) is 0 Å². The summed E-state index contributed by atoms with van der Waals surface area (Å²) in [6.07, 6.45) is 2.26. The first-order valence-electron chi connectivity index (χ1n) is 12.1. The summed E-state index contributed by atoms with van der Waals surface area (Å²) in [5, 5.41) is 2.96. The van der Waals surface area contributed by atoms with Crippen LogP contribution in [0.1, 0.15) is 27.1 Å². The molecule has 2 aliphatic rings. The summed E-state index contributed by atoms with van der Waals surface area (Å²) < 4.78 is 63.4. The third-order valence-corrected chi connectivity index (χ3v) is 7.09. The van der Waals surface area contributed by atoms with E-state index in [9.17, 15) is 8.78 Å². The van der Waals surface area contributed by atoms with Crippen molar-refractivity contribution in [1.29, 1.82) is 0 Å². The molecule has 4 heterocycles. The number of hydrogen-bond acceptors (Lipinski definition) is 5. The van der Waals surface area contributed by atoms with Crippen molar-refractivity contribution in [1.82, 2.24) is 24.1 Å². The molecular formula is C24H25F3N6O2. The molecule has 0 bridgehead atoms. The van der Waals surface area contributed by atoms with E-state index in [4.69, 9.17) is 15.8 Å². The fourth-order valence-electron chi connectivity index (χ4n) is 5.15. The number of alkyl halides is 2. The van der Waals surface area contributed by atoms with Gasteiger partial charge in [0.05, 0.1) is 63.4 Å². The van der Waals surface area contributed by atoms with Crippen LogP contribution < -0.4 is 10.4 Å². The van der Waals surface area contributed by atoms with Crippen molar-refractivity contribution in [2.24, 2.45) is 10.4 Å². The molecule has 3 aromatic heterocycles. The summed E-state index contributed by atoms with van der Waals surface area (Å²) in [6, 6.07) is 4.92. The summed E-state index contributed by atoms with van der Waals surface area (Å²) in [6.45, 7) is 1.10. The number of fused-ring (bicyclic) bond motifs is 2. The zero-order chi connectivity index (χ0) is 25.0. The van der Waals surface area contributed by atoms with Crippen molar-refractivity contribution in [3.05, 3.63) is 42.1 Å². The number of ether oxygens (including phenoxy) is 2. The maximum atomic E-state index is 15.5. The number of rotatable bonds is 5. The molecule has 184 valence electrons. The Kier molecular flexibility index (Phi) is 5.04. The van der Waals surface area contributed by atoms with Gasteiger partial charge in [-0.3, -0.25) is 9.61 Å². The summed E-state index contributed by atoms with van der Waals surface area (Å²) in [7, 11) is 1.42. The van der Waals surface area contributed by atoms with Crippen LogP contribution in [0.5, 0.6) is 5.88 Å². The van der Waals surface area contributed by atoms with Crippen LogP contribution >= 0.6 is 0 Å². The molecule has 4 aromatic rings. The number of imidazole rings is 1. The van der Waals surface area contributed by atoms with E-state index >= 15 is 4.39 Å².